The van der Waals surface area contributed by atoms with E-state index in [0.717, 1.165) is 11.1 Å². The Labute approximate surface area is 157 Å². The average Bonchev–Trinajstić information content (AvgIpc) is 2.70. The van der Waals surface area contributed by atoms with Gasteiger partial charge in [-0.2, -0.15) is 0 Å². The Balaban J connectivity index is -0.000000210. The first-order valence-electron chi connectivity index (χ1n) is 9.33. The molecule has 1 rings (SSSR count). The predicted octanol–water partition coefficient (Wildman–Crippen LogP) is 8.06. The summed E-state index contributed by atoms with van der Waals surface area (Å²) >= 11 is 0. The minimum atomic E-state index is 0.0319. The van der Waals surface area contributed by atoms with Gasteiger partial charge in [0.1, 0.15) is 0 Å². The standard InChI is InChI=1S/C15H16O.C3H6.3C2H6/c1-3-8-14(4-2)15(16)12-11-13-9-6-5-7-10-13;1-3-2;3*1-2/h3-12H,1-2H3;3H,1H2,2H3;3*1-2H3/b8-3-,12-11+,14-4+;;;;. The molecule has 0 radical (unpaired) electrons. The van der Waals surface area contributed by atoms with Crippen molar-refractivity contribution < 1.29 is 4.79 Å². The summed E-state index contributed by atoms with van der Waals surface area (Å²) in [4.78, 5) is 11.7. The molecule has 0 aromatic heterocycles. The van der Waals surface area contributed by atoms with Gasteiger partial charge in [0.05, 0.1) is 0 Å². The van der Waals surface area contributed by atoms with Gasteiger partial charge in [-0.05, 0) is 32.4 Å². The molecule has 0 heterocycles. The number of hydrogen-bond acceptors (Lipinski definition) is 1. The van der Waals surface area contributed by atoms with Gasteiger partial charge in [-0.25, -0.2) is 0 Å². The van der Waals surface area contributed by atoms with E-state index in [-0.39, 0.29) is 5.78 Å². The third-order valence-corrected chi connectivity index (χ3v) is 2.17. The van der Waals surface area contributed by atoms with Crippen molar-refractivity contribution in [2.24, 2.45) is 0 Å². The van der Waals surface area contributed by atoms with Crippen molar-refractivity contribution >= 4 is 11.9 Å². The maximum Gasteiger partial charge on any atom is 0.185 e. The van der Waals surface area contributed by atoms with Gasteiger partial charge in [0.2, 0.25) is 0 Å². The lowest BCUT2D eigenvalue weighted by Gasteiger charge is -1.95. The smallest absolute Gasteiger partial charge is 0.185 e. The van der Waals surface area contributed by atoms with Crippen LogP contribution in [0.25, 0.3) is 6.08 Å². The molecule has 142 valence electrons. The Morgan fingerprint density at radius 1 is 0.840 bits per heavy atom. The lowest BCUT2D eigenvalue weighted by atomic mass is 10.1. The number of carbonyl (C=O) groups excluding carboxylic acids is 1. The van der Waals surface area contributed by atoms with Crippen molar-refractivity contribution in [3.63, 3.8) is 0 Å². The van der Waals surface area contributed by atoms with Crippen LogP contribution in [0, 0.1) is 0 Å². The minimum absolute atomic E-state index is 0.0319. The van der Waals surface area contributed by atoms with Crippen LogP contribution in [0.3, 0.4) is 0 Å². The molecule has 1 nitrogen and oxygen atoms in total. The maximum atomic E-state index is 11.7. The normalized spacial score (nSPS) is 9.24. The average molecular weight is 345 g/mol. The SMILES string of the molecule is C/C=C\C(=C/C)C(=O)/C=C/c1ccccc1.C=CC.CC.CC.CC. The number of ketones is 1. The fraction of sp³-hybridized carbons (Fsp3) is 0.375. The van der Waals surface area contributed by atoms with Gasteiger partial charge in [0, 0.05) is 5.57 Å². The summed E-state index contributed by atoms with van der Waals surface area (Å²) in [7, 11) is 0. The van der Waals surface area contributed by atoms with Crippen molar-refractivity contribution in [3.05, 3.63) is 78.4 Å². The molecular formula is C24H40O. The first-order valence-corrected chi connectivity index (χ1v) is 9.33. The summed E-state index contributed by atoms with van der Waals surface area (Å²) in [5.74, 6) is 0.0319. The molecule has 0 amide bonds. The van der Waals surface area contributed by atoms with Gasteiger partial charge in [-0.1, -0.05) is 102 Å². The van der Waals surface area contributed by atoms with E-state index in [1.807, 2.05) is 117 Å². The molecule has 0 bridgehead atoms. The number of benzene rings is 1. The molecule has 0 saturated heterocycles. The zero-order valence-corrected chi connectivity index (χ0v) is 18.0. The van der Waals surface area contributed by atoms with Crippen LogP contribution in [-0.2, 0) is 4.79 Å². The molecule has 0 aliphatic carbocycles. The van der Waals surface area contributed by atoms with Crippen LogP contribution in [0.15, 0.2) is 72.9 Å². The molecule has 0 aliphatic rings. The largest absolute Gasteiger partial charge is 0.289 e. The van der Waals surface area contributed by atoms with Crippen molar-refractivity contribution in [2.45, 2.75) is 62.3 Å². The van der Waals surface area contributed by atoms with Crippen LogP contribution >= 0.6 is 0 Å². The molecule has 0 saturated carbocycles. The van der Waals surface area contributed by atoms with Crippen molar-refractivity contribution in [2.75, 3.05) is 0 Å². The highest BCUT2D eigenvalue weighted by atomic mass is 16.1. The molecule has 1 aromatic rings. The van der Waals surface area contributed by atoms with Crippen molar-refractivity contribution in [3.8, 4) is 0 Å². The Morgan fingerprint density at radius 2 is 1.28 bits per heavy atom. The molecule has 0 fully saturated rings. The number of carbonyl (C=O) groups is 1. The predicted molar refractivity (Wildman–Crippen MR) is 119 cm³/mol. The fourth-order valence-corrected chi connectivity index (χ4v) is 1.33. The second-order valence-corrected chi connectivity index (χ2v) is 3.76. The highest BCUT2D eigenvalue weighted by Gasteiger charge is 1.99. The number of allylic oxidation sites excluding steroid dienone is 6. The quantitative estimate of drug-likeness (QED) is 0.306. The lowest BCUT2D eigenvalue weighted by Crippen LogP contribution is -1.94. The van der Waals surface area contributed by atoms with E-state index in [2.05, 4.69) is 6.58 Å². The first-order chi connectivity index (χ1) is 12.2. The first kappa shape index (κ1) is 30.7. The summed E-state index contributed by atoms with van der Waals surface area (Å²) in [6.45, 7) is 21.0. The minimum Gasteiger partial charge on any atom is -0.289 e. The summed E-state index contributed by atoms with van der Waals surface area (Å²) < 4.78 is 0. The van der Waals surface area contributed by atoms with Crippen LogP contribution in [0.5, 0.6) is 0 Å². The molecule has 1 heteroatoms. The van der Waals surface area contributed by atoms with Crippen molar-refractivity contribution in [1.82, 2.24) is 0 Å². The second kappa shape index (κ2) is 29.8. The van der Waals surface area contributed by atoms with Gasteiger partial charge < -0.3 is 0 Å². The van der Waals surface area contributed by atoms with Crippen LogP contribution in [-0.4, -0.2) is 5.78 Å². The topological polar surface area (TPSA) is 17.1 Å². The van der Waals surface area contributed by atoms with Gasteiger partial charge in [0.15, 0.2) is 5.78 Å². The summed E-state index contributed by atoms with van der Waals surface area (Å²) in [6, 6.07) is 9.79. The van der Waals surface area contributed by atoms with E-state index < -0.39 is 0 Å². The fourth-order valence-electron chi connectivity index (χ4n) is 1.33. The molecule has 0 atom stereocenters. The third kappa shape index (κ3) is 21.9. The van der Waals surface area contributed by atoms with E-state index in [4.69, 9.17) is 0 Å². The zero-order valence-electron chi connectivity index (χ0n) is 18.0. The van der Waals surface area contributed by atoms with Gasteiger partial charge in [-0.3, -0.25) is 4.79 Å². The van der Waals surface area contributed by atoms with Crippen LogP contribution in [0.2, 0.25) is 0 Å². The Morgan fingerprint density at radius 3 is 1.64 bits per heavy atom. The van der Waals surface area contributed by atoms with Crippen LogP contribution in [0.1, 0.15) is 67.9 Å². The molecule has 0 N–H and O–H groups in total. The highest BCUT2D eigenvalue weighted by molar-refractivity contribution is 6.08. The van der Waals surface area contributed by atoms with E-state index in [9.17, 15) is 4.79 Å². The Bertz CT molecular complexity index is 462. The summed E-state index contributed by atoms with van der Waals surface area (Å²) in [5.41, 5.74) is 1.75. The van der Waals surface area contributed by atoms with Gasteiger partial charge >= 0.3 is 0 Å². The third-order valence-electron chi connectivity index (χ3n) is 2.17. The van der Waals surface area contributed by atoms with Gasteiger partial charge in [0.25, 0.3) is 0 Å². The number of hydrogen-bond donors (Lipinski definition) is 0. The zero-order chi connectivity index (χ0) is 20.5. The van der Waals surface area contributed by atoms with Gasteiger partial charge in [-0.15, -0.1) is 6.58 Å². The highest BCUT2D eigenvalue weighted by Crippen LogP contribution is 2.05. The Hall–Kier alpha value is -2.15. The van der Waals surface area contributed by atoms with E-state index in [1.54, 1.807) is 12.2 Å². The Kier molecular flexibility index (Phi) is 36.6. The molecule has 0 aliphatic heterocycles. The summed E-state index contributed by atoms with van der Waals surface area (Å²) in [6.07, 6.45) is 10.7. The number of rotatable bonds is 4. The van der Waals surface area contributed by atoms with Crippen LogP contribution in [0.4, 0.5) is 0 Å². The lowest BCUT2D eigenvalue weighted by molar-refractivity contribution is -0.111. The molecule has 0 unspecified atom stereocenters. The van der Waals surface area contributed by atoms with E-state index in [1.165, 1.54) is 0 Å². The molecule has 25 heavy (non-hydrogen) atoms. The summed E-state index contributed by atoms with van der Waals surface area (Å²) in [5, 5.41) is 0. The molecule has 1 aromatic carbocycles. The second-order valence-electron chi connectivity index (χ2n) is 3.76. The van der Waals surface area contributed by atoms with Crippen LogP contribution < -0.4 is 0 Å². The molecule has 0 spiro atoms. The molecular weight excluding hydrogens is 304 g/mol. The van der Waals surface area contributed by atoms with Crippen molar-refractivity contribution in [1.29, 1.82) is 0 Å². The van der Waals surface area contributed by atoms with E-state index >= 15 is 0 Å². The van der Waals surface area contributed by atoms with E-state index in [0.29, 0.717) is 0 Å². The maximum absolute atomic E-state index is 11.7. The monoisotopic (exact) mass is 344 g/mol.